The van der Waals surface area contributed by atoms with Crippen molar-refractivity contribution in [2.75, 3.05) is 23.9 Å². The SMILES string of the molecule is CS(=O)CCNc1nccs1. The summed E-state index contributed by atoms with van der Waals surface area (Å²) < 4.78 is 10.6. The average Bonchev–Trinajstić information content (AvgIpc) is 2.39. The monoisotopic (exact) mass is 190 g/mol. The lowest BCUT2D eigenvalue weighted by atomic mass is 10.7. The van der Waals surface area contributed by atoms with Gasteiger partial charge in [-0.3, -0.25) is 4.21 Å². The molecule has 1 rings (SSSR count). The van der Waals surface area contributed by atoms with Gasteiger partial charge >= 0.3 is 0 Å². The highest BCUT2D eigenvalue weighted by atomic mass is 32.2. The summed E-state index contributed by atoms with van der Waals surface area (Å²) in [4.78, 5) is 4.02. The third-order valence-corrected chi connectivity index (χ3v) is 2.61. The molecule has 1 atom stereocenters. The van der Waals surface area contributed by atoms with Gasteiger partial charge in [0.25, 0.3) is 0 Å². The Balaban J connectivity index is 2.19. The zero-order valence-corrected chi connectivity index (χ0v) is 7.87. The van der Waals surface area contributed by atoms with Gasteiger partial charge in [0.2, 0.25) is 0 Å². The lowest BCUT2D eigenvalue weighted by Crippen LogP contribution is -2.09. The largest absolute Gasteiger partial charge is 0.361 e. The van der Waals surface area contributed by atoms with E-state index in [0.717, 1.165) is 11.7 Å². The Kier molecular flexibility index (Phi) is 3.51. The van der Waals surface area contributed by atoms with Crippen LogP contribution in [-0.2, 0) is 10.8 Å². The van der Waals surface area contributed by atoms with E-state index < -0.39 is 10.8 Å². The van der Waals surface area contributed by atoms with E-state index in [0.29, 0.717) is 5.75 Å². The first-order chi connectivity index (χ1) is 5.29. The van der Waals surface area contributed by atoms with Crippen LogP contribution in [-0.4, -0.2) is 27.7 Å². The maximum absolute atomic E-state index is 10.6. The van der Waals surface area contributed by atoms with Crippen molar-refractivity contribution >= 4 is 27.3 Å². The van der Waals surface area contributed by atoms with E-state index in [1.807, 2.05) is 5.38 Å². The van der Waals surface area contributed by atoms with E-state index in [1.54, 1.807) is 23.8 Å². The molecular weight excluding hydrogens is 180 g/mol. The minimum atomic E-state index is -0.713. The molecule has 0 saturated carbocycles. The van der Waals surface area contributed by atoms with Gasteiger partial charge in [-0.2, -0.15) is 0 Å². The van der Waals surface area contributed by atoms with E-state index in [9.17, 15) is 4.21 Å². The second-order valence-corrected chi connectivity index (χ2v) is 4.49. The topological polar surface area (TPSA) is 42.0 Å². The molecule has 1 heterocycles. The maximum Gasteiger partial charge on any atom is 0.182 e. The normalized spacial score (nSPS) is 12.8. The van der Waals surface area contributed by atoms with Crippen LogP contribution in [0.25, 0.3) is 0 Å². The quantitative estimate of drug-likeness (QED) is 0.768. The number of anilines is 1. The zero-order chi connectivity index (χ0) is 8.10. The van der Waals surface area contributed by atoms with Crippen LogP contribution in [0, 0.1) is 0 Å². The number of hydrogen-bond donors (Lipinski definition) is 1. The second-order valence-electron chi connectivity index (χ2n) is 2.04. The van der Waals surface area contributed by atoms with Crippen LogP contribution in [0.1, 0.15) is 0 Å². The van der Waals surface area contributed by atoms with Gasteiger partial charge in [0.05, 0.1) is 0 Å². The van der Waals surface area contributed by atoms with Crippen LogP contribution in [0.3, 0.4) is 0 Å². The van der Waals surface area contributed by atoms with Crippen LogP contribution in [0.2, 0.25) is 0 Å². The molecule has 0 radical (unpaired) electrons. The maximum atomic E-state index is 10.6. The van der Waals surface area contributed by atoms with Crippen LogP contribution in [0.4, 0.5) is 5.13 Å². The summed E-state index contributed by atoms with van der Waals surface area (Å²) in [7, 11) is -0.713. The summed E-state index contributed by atoms with van der Waals surface area (Å²) in [6.45, 7) is 0.733. The molecule has 0 fully saturated rings. The van der Waals surface area contributed by atoms with Crippen molar-refractivity contribution in [2.24, 2.45) is 0 Å². The molecule has 0 bridgehead atoms. The Morgan fingerprint density at radius 1 is 1.82 bits per heavy atom. The molecule has 0 aliphatic carbocycles. The molecule has 1 aromatic rings. The first-order valence-electron chi connectivity index (χ1n) is 3.22. The number of aromatic nitrogens is 1. The minimum Gasteiger partial charge on any atom is -0.361 e. The van der Waals surface area contributed by atoms with E-state index in [-0.39, 0.29) is 0 Å². The fourth-order valence-electron chi connectivity index (χ4n) is 0.612. The minimum absolute atomic E-state index is 0.680. The molecule has 0 aliphatic rings. The number of hydrogen-bond acceptors (Lipinski definition) is 4. The van der Waals surface area contributed by atoms with Gasteiger partial charge in [-0.25, -0.2) is 4.98 Å². The molecule has 62 valence electrons. The standard InChI is InChI=1S/C6H10N2OS2/c1-11(9)5-3-8-6-7-2-4-10-6/h2,4H,3,5H2,1H3,(H,7,8). The fraction of sp³-hybridized carbons (Fsp3) is 0.500. The lowest BCUT2D eigenvalue weighted by Gasteiger charge is -1.98. The van der Waals surface area contributed by atoms with Crippen molar-refractivity contribution < 1.29 is 4.21 Å². The highest BCUT2D eigenvalue weighted by molar-refractivity contribution is 7.84. The summed E-state index contributed by atoms with van der Waals surface area (Å²) in [5, 5.41) is 5.88. The van der Waals surface area contributed by atoms with Crippen LogP contribution < -0.4 is 5.32 Å². The van der Waals surface area contributed by atoms with Crippen molar-refractivity contribution in [3.05, 3.63) is 11.6 Å². The van der Waals surface area contributed by atoms with E-state index in [1.165, 1.54) is 0 Å². The van der Waals surface area contributed by atoms with Crippen LogP contribution >= 0.6 is 11.3 Å². The molecule has 1 unspecified atom stereocenters. The molecule has 11 heavy (non-hydrogen) atoms. The van der Waals surface area contributed by atoms with Gasteiger partial charge in [0.15, 0.2) is 5.13 Å². The van der Waals surface area contributed by atoms with Crippen LogP contribution in [0.5, 0.6) is 0 Å². The molecule has 3 nitrogen and oxygen atoms in total. The average molecular weight is 190 g/mol. The summed E-state index contributed by atoms with van der Waals surface area (Å²) in [5.41, 5.74) is 0. The molecule has 0 amide bonds. The molecular formula is C6H10N2OS2. The Morgan fingerprint density at radius 2 is 2.64 bits per heavy atom. The van der Waals surface area contributed by atoms with Crippen LogP contribution in [0.15, 0.2) is 11.6 Å². The Hall–Kier alpha value is -0.420. The van der Waals surface area contributed by atoms with Crippen molar-refractivity contribution in [1.82, 2.24) is 4.98 Å². The van der Waals surface area contributed by atoms with Gasteiger partial charge < -0.3 is 5.32 Å². The molecule has 0 spiro atoms. The molecule has 0 aromatic carbocycles. The first-order valence-corrected chi connectivity index (χ1v) is 5.83. The summed E-state index contributed by atoms with van der Waals surface area (Å²) >= 11 is 1.55. The van der Waals surface area contributed by atoms with Gasteiger partial charge in [-0.1, -0.05) is 0 Å². The van der Waals surface area contributed by atoms with Crippen molar-refractivity contribution in [1.29, 1.82) is 0 Å². The highest BCUT2D eigenvalue weighted by Gasteiger charge is 1.93. The van der Waals surface area contributed by atoms with E-state index >= 15 is 0 Å². The summed E-state index contributed by atoms with van der Waals surface area (Å²) in [5.74, 6) is 0.680. The highest BCUT2D eigenvalue weighted by Crippen LogP contribution is 2.08. The number of nitrogens with one attached hydrogen (secondary N) is 1. The van der Waals surface area contributed by atoms with Gasteiger partial charge in [0, 0.05) is 40.9 Å². The van der Waals surface area contributed by atoms with Gasteiger partial charge in [-0.05, 0) is 0 Å². The number of rotatable bonds is 4. The van der Waals surface area contributed by atoms with Gasteiger partial charge in [0.1, 0.15) is 0 Å². The Morgan fingerprint density at radius 3 is 3.18 bits per heavy atom. The van der Waals surface area contributed by atoms with Crippen molar-refractivity contribution in [2.45, 2.75) is 0 Å². The third-order valence-electron chi connectivity index (χ3n) is 1.10. The summed E-state index contributed by atoms with van der Waals surface area (Å²) in [6, 6.07) is 0. The summed E-state index contributed by atoms with van der Waals surface area (Å²) in [6.07, 6.45) is 3.44. The van der Waals surface area contributed by atoms with E-state index in [2.05, 4.69) is 10.3 Å². The molecule has 0 aliphatic heterocycles. The lowest BCUT2D eigenvalue weighted by molar-refractivity contribution is 0.687. The second kappa shape index (κ2) is 4.46. The van der Waals surface area contributed by atoms with Crippen molar-refractivity contribution in [3.8, 4) is 0 Å². The molecule has 1 aromatic heterocycles. The van der Waals surface area contributed by atoms with Crippen molar-refractivity contribution in [3.63, 3.8) is 0 Å². The Labute approximate surface area is 72.3 Å². The fourth-order valence-corrected chi connectivity index (χ4v) is 1.56. The Bertz CT molecular complexity index is 222. The predicted molar refractivity (Wildman–Crippen MR) is 49.5 cm³/mol. The van der Waals surface area contributed by atoms with Gasteiger partial charge in [-0.15, -0.1) is 11.3 Å². The molecule has 5 heteroatoms. The third kappa shape index (κ3) is 3.48. The smallest absolute Gasteiger partial charge is 0.182 e. The number of thiazole rings is 1. The first kappa shape index (κ1) is 8.67. The van der Waals surface area contributed by atoms with E-state index in [4.69, 9.17) is 0 Å². The number of nitrogens with zero attached hydrogens (tertiary/aromatic N) is 1. The predicted octanol–water partition coefficient (Wildman–Crippen LogP) is 0.933. The molecule has 1 N–H and O–H groups in total. The zero-order valence-electron chi connectivity index (χ0n) is 6.24. The molecule has 0 saturated heterocycles.